The standard InChI is InChI=1S/C39H26FN2S.Pd/c1-39(2)31-16-4-5-18-33(31)42(34-21-20-30-29-15-3-6-19-35(29)43-38(30)36(34)39)28-14-10-13-27(24-28)37(40)26-12-9-11-25(23-26)32-17-7-8-22-41-32;/h3-17,19-22,37H,1-2H3;/q-3;. The molecule has 2 aromatic heterocycles. The second-order valence-corrected chi connectivity index (χ2v) is 12.5. The Bertz CT molecular complexity index is 2150. The Morgan fingerprint density at radius 1 is 0.795 bits per heavy atom. The summed E-state index contributed by atoms with van der Waals surface area (Å²) in [7, 11) is 0. The Hall–Kier alpha value is -4.14. The molecule has 0 bridgehead atoms. The van der Waals surface area contributed by atoms with Crippen LogP contribution in [0.4, 0.5) is 21.5 Å². The van der Waals surface area contributed by atoms with Gasteiger partial charge in [0.05, 0.1) is 0 Å². The molecule has 0 fully saturated rings. The van der Waals surface area contributed by atoms with Gasteiger partial charge in [0.25, 0.3) is 0 Å². The van der Waals surface area contributed by atoms with E-state index >= 15 is 4.39 Å². The van der Waals surface area contributed by atoms with Gasteiger partial charge in [-0.1, -0.05) is 67.2 Å². The minimum Gasteiger partial charge on any atom is -0.358 e. The molecule has 0 N–H and O–H groups in total. The maximum absolute atomic E-state index is 16.2. The molecule has 3 heterocycles. The molecule has 0 spiro atoms. The van der Waals surface area contributed by atoms with Gasteiger partial charge in [0.1, 0.15) is 6.17 Å². The van der Waals surface area contributed by atoms with E-state index in [0.717, 1.165) is 28.3 Å². The first-order valence-corrected chi connectivity index (χ1v) is 15.2. The van der Waals surface area contributed by atoms with Gasteiger partial charge in [0, 0.05) is 52.5 Å². The summed E-state index contributed by atoms with van der Waals surface area (Å²) >= 11 is 1.84. The average Bonchev–Trinajstić information content (AvgIpc) is 3.43. The minimum absolute atomic E-state index is 0. The van der Waals surface area contributed by atoms with Crippen molar-refractivity contribution in [3.8, 4) is 11.3 Å². The summed E-state index contributed by atoms with van der Waals surface area (Å²) < 4.78 is 18.8. The summed E-state index contributed by atoms with van der Waals surface area (Å²) in [6.07, 6.45) is 0.341. The van der Waals surface area contributed by atoms with E-state index in [4.69, 9.17) is 0 Å². The summed E-state index contributed by atoms with van der Waals surface area (Å²) in [4.78, 5) is 6.61. The molecule has 8 rings (SSSR count). The van der Waals surface area contributed by atoms with E-state index in [1.807, 2.05) is 59.9 Å². The van der Waals surface area contributed by atoms with Crippen LogP contribution >= 0.6 is 11.3 Å². The Balaban J connectivity index is 0.00000312. The van der Waals surface area contributed by atoms with Gasteiger partial charge in [-0.25, -0.2) is 4.39 Å². The molecule has 2 nitrogen and oxygen atoms in total. The maximum atomic E-state index is 16.2. The van der Waals surface area contributed by atoms with Crippen LogP contribution in [0, 0.1) is 18.2 Å². The number of benzene rings is 5. The number of para-hydroxylation sites is 1. The number of halogens is 1. The van der Waals surface area contributed by atoms with Crippen molar-refractivity contribution in [2.24, 2.45) is 0 Å². The van der Waals surface area contributed by atoms with E-state index in [2.05, 4.69) is 90.5 Å². The van der Waals surface area contributed by atoms with Gasteiger partial charge < -0.3 is 9.88 Å². The van der Waals surface area contributed by atoms with Crippen molar-refractivity contribution < 1.29 is 24.8 Å². The maximum Gasteiger partial charge on any atom is 0.111 e. The third-order valence-corrected chi connectivity index (χ3v) is 9.67. The fourth-order valence-electron chi connectivity index (χ4n) is 6.42. The van der Waals surface area contributed by atoms with E-state index in [9.17, 15) is 0 Å². The van der Waals surface area contributed by atoms with E-state index in [0.29, 0.717) is 11.1 Å². The zero-order valence-electron chi connectivity index (χ0n) is 24.0. The fourth-order valence-corrected chi connectivity index (χ4v) is 7.82. The topological polar surface area (TPSA) is 16.1 Å². The Morgan fingerprint density at radius 3 is 2.43 bits per heavy atom. The number of aromatic nitrogens is 1. The van der Waals surface area contributed by atoms with Gasteiger partial charge in [0.15, 0.2) is 0 Å². The predicted octanol–water partition coefficient (Wildman–Crippen LogP) is 10.7. The van der Waals surface area contributed by atoms with Crippen LogP contribution in [-0.2, 0) is 25.8 Å². The molecule has 44 heavy (non-hydrogen) atoms. The molecule has 1 atom stereocenters. The molecule has 0 radical (unpaired) electrons. The molecule has 0 amide bonds. The van der Waals surface area contributed by atoms with Crippen molar-refractivity contribution in [2.75, 3.05) is 4.90 Å². The number of anilines is 3. The Morgan fingerprint density at radius 2 is 1.59 bits per heavy atom. The molecule has 1 aliphatic rings. The van der Waals surface area contributed by atoms with Gasteiger partial charge in [-0.2, -0.15) is 42.5 Å². The summed E-state index contributed by atoms with van der Waals surface area (Å²) in [6.45, 7) is 4.59. The van der Waals surface area contributed by atoms with Crippen molar-refractivity contribution in [2.45, 2.75) is 25.4 Å². The Labute approximate surface area is 274 Å². The summed E-state index contributed by atoms with van der Waals surface area (Å²) in [6, 6.07) is 46.4. The SMILES string of the molecule is CC1(C)c2ccc[c-]c2N(c2[c-]c(C(F)c3[c-]c(-c4ccccn4)ccc3)ccc2)c2ccc3c(sc4ccccc43)c21.[Pd]. The van der Waals surface area contributed by atoms with E-state index in [-0.39, 0.29) is 25.8 Å². The van der Waals surface area contributed by atoms with Crippen LogP contribution < -0.4 is 4.90 Å². The van der Waals surface area contributed by atoms with Crippen LogP contribution in [0.3, 0.4) is 0 Å². The van der Waals surface area contributed by atoms with Gasteiger partial charge in [-0.05, 0) is 34.9 Å². The number of fused-ring (bicyclic) bond motifs is 6. The van der Waals surface area contributed by atoms with Crippen molar-refractivity contribution >= 4 is 48.6 Å². The van der Waals surface area contributed by atoms with Crippen LogP contribution in [0.2, 0.25) is 0 Å². The Kier molecular flexibility index (Phi) is 7.22. The number of alkyl halides is 1. The molecule has 5 heteroatoms. The van der Waals surface area contributed by atoms with Gasteiger partial charge in [0.2, 0.25) is 0 Å². The van der Waals surface area contributed by atoms with Crippen LogP contribution in [-0.4, -0.2) is 4.98 Å². The second-order valence-electron chi connectivity index (χ2n) is 11.4. The number of pyridine rings is 1. The quantitative estimate of drug-likeness (QED) is 0.136. The van der Waals surface area contributed by atoms with E-state index in [1.165, 1.54) is 31.3 Å². The van der Waals surface area contributed by atoms with Crippen LogP contribution in [0.5, 0.6) is 0 Å². The normalized spacial score (nSPS) is 14.1. The summed E-state index contributed by atoms with van der Waals surface area (Å²) in [5.74, 6) is 0. The molecular formula is C39H26FN2PdS-3. The van der Waals surface area contributed by atoms with Gasteiger partial charge in [-0.15, -0.1) is 58.4 Å². The van der Waals surface area contributed by atoms with Gasteiger partial charge in [-0.3, -0.25) is 0 Å². The number of thiophene rings is 1. The smallest absolute Gasteiger partial charge is 0.111 e. The largest absolute Gasteiger partial charge is 0.358 e. The molecule has 1 unspecified atom stereocenters. The number of rotatable bonds is 4. The predicted molar refractivity (Wildman–Crippen MR) is 175 cm³/mol. The van der Waals surface area contributed by atoms with Gasteiger partial charge >= 0.3 is 0 Å². The first-order valence-electron chi connectivity index (χ1n) is 14.4. The third-order valence-electron chi connectivity index (χ3n) is 8.47. The van der Waals surface area contributed by atoms with Crippen molar-refractivity contribution in [3.63, 3.8) is 0 Å². The van der Waals surface area contributed by atoms with E-state index in [1.54, 1.807) is 18.3 Å². The van der Waals surface area contributed by atoms with Crippen LogP contribution in [0.1, 0.15) is 42.3 Å². The molecule has 1 aliphatic heterocycles. The molecule has 0 aliphatic carbocycles. The first-order chi connectivity index (χ1) is 21.0. The van der Waals surface area contributed by atoms with E-state index < -0.39 is 6.17 Å². The molecule has 218 valence electrons. The summed E-state index contributed by atoms with van der Waals surface area (Å²) in [5, 5.41) is 2.54. The molecular weight excluding hydrogens is 654 g/mol. The fraction of sp³-hybridized carbons (Fsp3) is 0.103. The van der Waals surface area contributed by atoms with Crippen LogP contribution in [0.15, 0.2) is 115 Å². The number of nitrogens with zero attached hydrogens (tertiary/aromatic N) is 2. The number of hydrogen-bond acceptors (Lipinski definition) is 3. The molecule has 0 saturated heterocycles. The van der Waals surface area contributed by atoms with Crippen LogP contribution in [0.25, 0.3) is 31.4 Å². The van der Waals surface area contributed by atoms with Crippen molar-refractivity contribution in [1.82, 2.24) is 4.98 Å². The average molecular weight is 680 g/mol. The minimum atomic E-state index is -1.39. The molecule has 7 aromatic rings. The van der Waals surface area contributed by atoms with Crippen molar-refractivity contribution in [3.05, 3.63) is 156 Å². The first kappa shape index (κ1) is 28.6. The molecule has 5 aromatic carbocycles. The number of hydrogen-bond donors (Lipinski definition) is 0. The second kappa shape index (κ2) is 11.1. The zero-order valence-corrected chi connectivity index (χ0v) is 26.4. The van der Waals surface area contributed by atoms with Crippen molar-refractivity contribution in [1.29, 1.82) is 0 Å². The molecule has 0 saturated carbocycles. The summed E-state index contributed by atoms with van der Waals surface area (Å²) in [5.41, 5.74) is 7.45. The third kappa shape index (κ3) is 4.51. The zero-order chi connectivity index (χ0) is 29.1. The monoisotopic (exact) mass is 679 g/mol.